The molecule has 1 aromatic rings. The van der Waals surface area contributed by atoms with Gasteiger partial charge in [0.05, 0.1) is 15.6 Å². The summed E-state index contributed by atoms with van der Waals surface area (Å²) in [4.78, 5) is 10.3. The number of carbonyl (C=O) groups is 1. The zero-order valence-corrected chi connectivity index (χ0v) is 15.8. The van der Waals surface area contributed by atoms with Crippen LogP contribution < -0.4 is 0 Å². The standard InChI is InChI=1S/C14H11Cl4NO3S/c1-7-3-5-8(6-4-7)23(21,22)19-11-9(15)10(16)13(20)14(2,18)12(11)17/h3-6,12H,1-2H3/t12-,14+/m1/s1. The number of ketones is 1. The van der Waals surface area contributed by atoms with Crippen LogP contribution in [0.15, 0.2) is 43.6 Å². The highest BCUT2D eigenvalue weighted by Gasteiger charge is 2.49. The first-order chi connectivity index (χ1) is 10.5. The molecule has 0 aromatic heterocycles. The number of sulfonamides is 1. The molecule has 0 N–H and O–H groups in total. The number of halogens is 4. The maximum Gasteiger partial charge on any atom is 0.282 e. The molecule has 0 saturated heterocycles. The average Bonchev–Trinajstić information content (AvgIpc) is 2.49. The lowest BCUT2D eigenvalue weighted by Gasteiger charge is -2.31. The van der Waals surface area contributed by atoms with E-state index in [1.54, 1.807) is 12.1 Å². The van der Waals surface area contributed by atoms with Gasteiger partial charge in [0.25, 0.3) is 10.0 Å². The third-order valence-corrected chi connectivity index (χ3v) is 6.60. The number of hydrogen-bond donors (Lipinski definition) is 0. The quantitative estimate of drug-likeness (QED) is 0.687. The number of rotatable bonds is 2. The summed E-state index contributed by atoms with van der Waals surface area (Å²) in [5.74, 6) is -0.683. The molecule has 0 amide bonds. The van der Waals surface area contributed by atoms with Crippen LogP contribution in [0.4, 0.5) is 0 Å². The van der Waals surface area contributed by atoms with Crippen LogP contribution >= 0.6 is 46.4 Å². The Morgan fingerprint density at radius 3 is 2.17 bits per heavy atom. The van der Waals surface area contributed by atoms with Gasteiger partial charge < -0.3 is 0 Å². The van der Waals surface area contributed by atoms with Crippen molar-refractivity contribution in [3.05, 3.63) is 39.9 Å². The molecule has 2 rings (SSSR count). The second kappa shape index (κ2) is 6.37. The van der Waals surface area contributed by atoms with Crippen molar-refractivity contribution < 1.29 is 13.2 Å². The number of nitrogens with zero attached hydrogens (tertiary/aromatic N) is 1. The van der Waals surface area contributed by atoms with Crippen molar-refractivity contribution in [2.24, 2.45) is 4.40 Å². The van der Waals surface area contributed by atoms with E-state index in [4.69, 9.17) is 46.4 Å². The largest absolute Gasteiger partial charge is 0.291 e. The molecule has 0 spiro atoms. The molecule has 0 radical (unpaired) electrons. The third-order valence-electron chi connectivity index (χ3n) is 3.31. The molecular formula is C14H11Cl4NO3S. The number of carbonyl (C=O) groups excluding carboxylic acids is 1. The zero-order valence-electron chi connectivity index (χ0n) is 12.0. The van der Waals surface area contributed by atoms with Crippen LogP contribution in [0, 0.1) is 6.92 Å². The van der Waals surface area contributed by atoms with Crippen LogP contribution in [-0.2, 0) is 14.8 Å². The predicted molar refractivity (Wildman–Crippen MR) is 93.4 cm³/mol. The molecule has 1 aromatic carbocycles. The lowest BCUT2D eigenvalue weighted by atomic mass is 9.91. The summed E-state index contributed by atoms with van der Waals surface area (Å²) in [5, 5.41) is -1.95. The summed E-state index contributed by atoms with van der Waals surface area (Å²) in [6, 6.07) is 6.08. The van der Waals surface area contributed by atoms with Gasteiger partial charge in [-0.05, 0) is 26.0 Å². The number of hydrogen-bond acceptors (Lipinski definition) is 3. The van der Waals surface area contributed by atoms with E-state index in [9.17, 15) is 13.2 Å². The van der Waals surface area contributed by atoms with E-state index in [1.165, 1.54) is 19.1 Å². The molecule has 1 aliphatic carbocycles. The summed E-state index contributed by atoms with van der Waals surface area (Å²) in [6.07, 6.45) is 0. The van der Waals surface area contributed by atoms with Gasteiger partial charge in [0.1, 0.15) is 15.3 Å². The normalized spacial score (nSPS) is 27.7. The number of aryl methyl sites for hydroxylation is 1. The van der Waals surface area contributed by atoms with Gasteiger partial charge in [0.2, 0.25) is 0 Å². The van der Waals surface area contributed by atoms with E-state index in [1.807, 2.05) is 6.92 Å². The van der Waals surface area contributed by atoms with Crippen molar-refractivity contribution in [2.45, 2.75) is 29.0 Å². The molecule has 0 saturated carbocycles. The Labute approximate surface area is 154 Å². The molecule has 9 heteroatoms. The highest BCUT2D eigenvalue weighted by Crippen LogP contribution is 2.40. The monoisotopic (exact) mass is 413 g/mol. The van der Waals surface area contributed by atoms with Gasteiger partial charge in [-0.1, -0.05) is 40.9 Å². The Hall–Kier alpha value is -0.590. The van der Waals surface area contributed by atoms with E-state index < -0.39 is 26.1 Å². The number of benzene rings is 1. The minimum Gasteiger partial charge on any atom is -0.291 e. The van der Waals surface area contributed by atoms with Gasteiger partial charge in [0, 0.05) is 0 Å². The van der Waals surface area contributed by atoms with E-state index in [2.05, 4.69) is 4.40 Å². The van der Waals surface area contributed by atoms with E-state index >= 15 is 0 Å². The smallest absolute Gasteiger partial charge is 0.282 e. The second-order valence-electron chi connectivity index (χ2n) is 5.16. The average molecular weight is 415 g/mol. The molecule has 0 heterocycles. The molecule has 0 aliphatic heterocycles. The summed E-state index contributed by atoms with van der Waals surface area (Å²) in [6.45, 7) is 3.15. The minimum atomic E-state index is -4.08. The van der Waals surface area contributed by atoms with Crippen molar-refractivity contribution >= 4 is 67.9 Å². The number of alkyl halides is 2. The highest BCUT2D eigenvalue weighted by molar-refractivity contribution is 7.90. The first-order valence-corrected chi connectivity index (χ1v) is 9.34. The van der Waals surface area contributed by atoms with E-state index in [0.717, 1.165) is 5.56 Å². The lowest BCUT2D eigenvalue weighted by Crippen LogP contribution is -2.47. The van der Waals surface area contributed by atoms with Crippen LogP contribution in [0.1, 0.15) is 12.5 Å². The van der Waals surface area contributed by atoms with Crippen LogP contribution in [0.2, 0.25) is 0 Å². The molecule has 124 valence electrons. The van der Waals surface area contributed by atoms with Crippen LogP contribution in [0.3, 0.4) is 0 Å². The van der Waals surface area contributed by atoms with Crippen molar-refractivity contribution in [2.75, 3.05) is 0 Å². The molecule has 4 nitrogen and oxygen atoms in total. The fraction of sp³-hybridized carbons (Fsp3) is 0.286. The molecular weight excluding hydrogens is 404 g/mol. The van der Waals surface area contributed by atoms with Gasteiger partial charge in [0.15, 0.2) is 5.78 Å². The molecule has 1 aliphatic rings. The number of allylic oxidation sites excluding steroid dienone is 2. The second-order valence-corrected chi connectivity index (χ2v) is 8.74. The Morgan fingerprint density at radius 2 is 1.65 bits per heavy atom. The maximum atomic E-state index is 12.4. The van der Waals surface area contributed by atoms with Gasteiger partial charge in [-0.2, -0.15) is 12.8 Å². The van der Waals surface area contributed by atoms with E-state index in [0.29, 0.717) is 0 Å². The Morgan fingerprint density at radius 1 is 1.13 bits per heavy atom. The summed E-state index contributed by atoms with van der Waals surface area (Å²) in [7, 11) is -4.08. The van der Waals surface area contributed by atoms with Gasteiger partial charge in [-0.25, -0.2) is 0 Å². The van der Waals surface area contributed by atoms with E-state index in [-0.39, 0.29) is 20.7 Å². The number of Topliss-reactive ketones (excluding diaryl/α,β-unsaturated/α-hetero) is 1. The maximum absolute atomic E-state index is 12.4. The van der Waals surface area contributed by atoms with Gasteiger partial charge in [-0.15, -0.1) is 23.2 Å². The highest BCUT2D eigenvalue weighted by atomic mass is 35.5. The Kier molecular flexibility index (Phi) is 5.19. The van der Waals surface area contributed by atoms with Crippen LogP contribution in [-0.4, -0.2) is 30.2 Å². The van der Waals surface area contributed by atoms with Crippen molar-refractivity contribution in [1.82, 2.24) is 0 Å². The predicted octanol–water partition coefficient (Wildman–Crippen LogP) is 4.00. The lowest BCUT2D eigenvalue weighted by molar-refractivity contribution is -0.117. The molecule has 0 unspecified atom stereocenters. The topological polar surface area (TPSA) is 63.6 Å². The van der Waals surface area contributed by atoms with Crippen molar-refractivity contribution in [3.8, 4) is 0 Å². The first kappa shape index (κ1) is 18.7. The minimum absolute atomic E-state index is 0.0340. The van der Waals surface area contributed by atoms with Crippen molar-refractivity contribution in [1.29, 1.82) is 0 Å². The molecule has 0 bridgehead atoms. The molecule has 2 atom stereocenters. The third kappa shape index (κ3) is 3.44. The van der Waals surface area contributed by atoms with Crippen LogP contribution in [0.25, 0.3) is 0 Å². The Bertz CT molecular complexity index is 826. The first-order valence-electron chi connectivity index (χ1n) is 6.33. The SMILES string of the molecule is Cc1ccc(S(=O)(=O)N=C2C(Cl)=C(Cl)C(=O)[C@@](C)(Cl)[C@@H]2Cl)cc1. The molecule has 0 fully saturated rings. The van der Waals surface area contributed by atoms with Crippen LogP contribution in [0.5, 0.6) is 0 Å². The van der Waals surface area contributed by atoms with Gasteiger partial charge >= 0.3 is 0 Å². The zero-order chi connectivity index (χ0) is 17.6. The summed E-state index contributed by atoms with van der Waals surface area (Å²) < 4.78 is 28.5. The van der Waals surface area contributed by atoms with Crippen molar-refractivity contribution in [3.63, 3.8) is 0 Å². The summed E-state index contributed by atoms with van der Waals surface area (Å²) in [5.41, 5.74) is 0.639. The fourth-order valence-corrected chi connectivity index (χ4v) is 4.13. The van der Waals surface area contributed by atoms with Gasteiger partial charge in [-0.3, -0.25) is 4.79 Å². The Balaban J connectivity index is 2.61. The summed E-state index contributed by atoms with van der Waals surface area (Å²) >= 11 is 24.0. The fourth-order valence-electron chi connectivity index (χ4n) is 1.89. The molecule has 23 heavy (non-hydrogen) atoms.